The van der Waals surface area contributed by atoms with Crippen LogP contribution in [0.5, 0.6) is 0 Å². The summed E-state index contributed by atoms with van der Waals surface area (Å²) in [6, 6.07) is 10.8. The van der Waals surface area contributed by atoms with E-state index in [0.29, 0.717) is 5.54 Å². The molecule has 1 N–H and O–H groups in total. The first kappa shape index (κ1) is 15.6. The second-order valence-corrected chi connectivity index (χ2v) is 7.61. The average molecular weight is 314 g/mol. The summed E-state index contributed by atoms with van der Waals surface area (Å²) in [4.78, 5) is 2.59. The highest BCUT2D eigenvalue weighted by molar-refractivity contribution is 5.18. The largest absolute Gasteiger partial charge is 0.358 e. The molecule has 3 nitrogen and oxygen atoms in total. The number of hydrogen-bond donors (Lipinski definition) is 1. The van der Waals surface area contributed by atoms with Crippen LogP contribution in [0.15, 0.2) is 30.3 Å². The lowest BCUT2D eigenvalue weighted by atomic mass is 9.68. The maximum absolute atomic E-state index is 6.07. The highest BCUT2D eigenvalue weighted by Crippen LogP contribution is 2.41. The lowest BCUT2D eigenvalue weighted by molar-refractivity contribution is 0.00288. The molecule has 23 heavy (non-hydrogen) atoms. The Bertz CT molecular complexity index is 489. The van der Waals surface area contributed by atoms with Gasteiger partial charge in [-0.1, -0.05) is 49.6 Å². The van der Waals surface area contributed by atoms with Gasteiger partial charge >= 0.3 is 0 Å². The molecule has 0 aromatic heterocycles. The summed E-state index contributed by atoms with van der Waals surface area (Å²) in [5.74, 6) is 0.782. The van der Waals surface area contributed by atoms with Crippen molar-refractivity contribution in [2.75, 3.05) is 26.2 Å². The molecule has 2 aliphatic heterocycles. The van der Waals surface area contributed by atoms with Crippen LogP contribution in [0.3, 0.4) is 0 Å². The van der Waals surface area contributed by atoms with E-state index in [0.717, 1.165) is 19.1 Å². The Morgan fingerprint density at radius 1 is 1.09 bits per heavy atom. The number of hydrogen-bond acceptors (Lipinski definition) is 3. The van der Waals surface area contributed by atoms with Gasteiger partial charge in [-0.3, -0.25) is 4.90 Å². The molecule has 3 atom stereocenters. The van der Waals surface area contributed by atoms with Gasteiger partial charge < -0.3 is 10.1 Å². The fourth-order valence-electron chi connectivity index (χ4n) is 5.03. The van der Waals surface area contributed by atoms with Gasteiger partial charge in [-0.05, 0) is 43.7 Å². The molecule has 3 aliphatic rings. The standard InChI is InChI=1S/C20H30N2O/c1-2-8-17(9-3-1)19-22(14-15-23-19)16-18-10-4-5-11-20(18)12-6-7-13-21-20/h1-3,8-9,18-19,21H,4-7,10-16H2/t18-,19?,20?/m0/s1. The number of nitrogens with one attached hydrogen (secondary N) is 1. The van der Waals surface area contributed by atoms with Crippen LogP contribution in [-0.4, -0.2) is 36.7 Å². The van der Waals surface area contributed by atoms with Crippen LogP contribution in [-0.2, 0) is 4.74 Å². The Labute approximate surface area is 140 Å². The molecule has 1 aromatic carbocycles. The van der Waals surface area contributed by atoms with E-state index >= 15 is 0 Å². The zero-order valence-corrected chi connectivity index (χ0v) is 14.2. The normalized spacial score (nSPS) is 35.7. The zero-order valence-electron chi connectivity index (χ0n) is 14.2. The molecule has 0 bridgehead atoms. The fourth-order valence-corrected chi connectivity index (χ4v) is 5.03. The third-order valence-corrected chi connectivity index (χ3v) is 6.26. The molecule has 3 fully saturated rings. The summed E-state index contributed by atoms with van der Waals surface area (Å²) in [5, 5.41) is 3.95. The highest BCUT2D eigenvalue weighted by Gasteiger charge is 2.43. The van der Waals surface area contributed by atoms with Gasteiger partial charge in [0, 0.05) is 18.6 Å². The van der Waals surface area contributed by atoms with Gasteiger partial charge in [-0.15, -0.1) is 0 Å². The molecular formula is C20H30N2O. The number of piperidine rings is 1. The predicted molar refractivity (Wildman–Crippen MR) is 93.3 cm³/mol. The number of ether oxygens (including phenoxy) is 1. The molecule has 3 heteroatoms. The van der Waals surface area contributed by atoms with Crippen LogP contribution in [0, 0.1) is 5.92 Å². The monoisotopic (exact) mass is 314 g/mol. The van der Waals surface area contributed by atoms with Crippen molar-refractivity contribution in [2.24, 2.45) is 5.92 Å². The molecule has 126 valence electrons. The van der Waals surface area contributed by atoms with Crippen molar-refractivity contribution in [1.82, 2.24) is 10.2 Å². The van der Waals surface area contributed by atoms with Gasteiger partial charge in [0.15, 0.2) is 0 Å². The Hall–Kier alpha value is -0.900. The summed E-state index contributed by atoms with van der Waals surface area (Å²) in [6.07, 6.45) is 9.87. The smallest absolute Gasteiger partial charge is 0.136 e. The third kappa shape index (κ3) is 3.19. The fraction of sp³-hybridized carbons (Fsp3) is 0.700. The van der Waals surface area contributed by atoms with Crippen molar-refractivity contribution in [3.05, 3.63) is 35.9 Å². The maximum Gasteiger partial charge on any atom is 0.136 e. The van der Waals surface area contributed by atoms with E-state index in [9.17, 15) is 0 Å². The van der Waals surface area contributed by atoms with Crippen molar-refractivity contribution >= 4 is 0 Å². The Morgan fingerprint density at radius 2 is 1.91 bits per heavy atom. The average Bonchev–Trinajstić information content (AvgIpc) is 3.07. The van der Waals surface area contributed by atoms with Crippen LogP contribution >= 0.6 is 0 Å². The van der Waals surface area contributed by atoms with Crippen molar-refractivity contribution < 1.29 is 4.74 Å². The molecule has 1 saturated carbocycles. The third-order valence-electron chi connectivity index (χ3n) is 6.26. The van der Waals surface area contributed by atoms with E-state index in [-0.39, 0.29) is 6.23 Å². The summed E-state index contributed by atoms with van der Waals surface area (Å²) >= 11 is 0. The van der Waals surface area contributed by atoms with Crippen LogP contribution in [0.25, 0.3) is 0 Å². The van der Waals surface area contributed by atoms with Crippen LogP contribution in [0.1, 0.15) is 56.7 Å². The van der Waals surface area contributed by atoms with Crippen molar-refractivity contribution in [1.29, 1.82) is 0 Å². The number of rotatable bonds is 3. The molecule has 2 unspecified atom stereocenters. The number of nitrogens with zero attached hydrogens (tertiary/aromatic N) is 1. The van der Waals surface area contributed by atoms with E-state index < -0.39 is 0 Å². The van der Waals surface area contributed by atoms with Crippen LogP contribution in [0.4, 0.5) is 0 Å². The molecule has 1 aliphatic carbocycles. The molecule has 2 saturated heterocycles. The van der Waals surface area contributed by atoms with Crippen molar-refractivity contribution in [3.8, 4) is 0 Å². The van der Waals surface area contributed by atoms with E-state index in [1.165, 1.54) is 63.6 Å². The lowest BCUT2D eigenvalue weighted by Gasteiger charge is -2.49. The summed E-state index contributed by atoms with van der Waals surface area (Å²) in [5.41, 5.74) is 1.73. The molecule has 2 heterocycles. The van der Waals surface area contributed by atoms with Crippen LogP contribution in [0.2, 0.25) is 0 Å². The van der Waals surface area contributed by atoms with E-state index in [1.807, 2.05) is 0 Å². The second-order valence-electron chi connectivity index (χ2n) is 7.61. The van der Waals surface area contributed by atoms with E-state index in [4.69, 9.17) is 4.74 Å². The second kappa shape index (κ2) is 6.92. The first-order valence-electron chi connectivity index (χ1n) is 9.53. The van der Waals surface area contributed by atoms with Gasteiger partial charge in [0.2, 0.25) is 0 Å². The summed E-state index contributed by atoms with van der Waals surface area (Å²) < 4.78 is 6.07. The molecular weight excluding hydrogens is 284 g/mol. The SMILES string of the molecule is c1ccc(C2OCCN2C[C@@H]2CCCCC23CCCCN3)cc1. The molecule has 1 aromatic rings. The minimum atomic E-state index is 0.166. The topological polar surface area (TPSA) is 24.5 Å². The Kier molecular flexibility index (Phi) is 4.70. The molecule has 0 radical (unpaired) electrons. The summed E-state index contributed by atoms with van der Waals surface area (Å²) in [7, 11) is 0. The maximum atomic E-state index is 6.07. The molecule has 0 amide bonds. The predicted octanol–water partition coefficient (Wildman–Crippen LogP) is 3.72. The first-order chi connectivity index (χ1) is 11.4. The van der Waals surface area contributed by atoms with E-state index in [2.05, 4.69) is 40.5 Å². The molecule has 1 spiro atoms. The Morgan fingerprint density at radius 3 is 2.74 bits per heavy atom. The highest BCUT2D eigenvalue weighted by atomic mass is 16.5. The van der Waals surface area contributed by atoms with Crippen molar-refractivity contribution in [2.45, 2.75) is 56.7 Å². The van der Waals surface area contributed by atoms with Gasteiger partial charge in [0.05, 0.1) is 6.61 Å². The minimum Gasteiger partial charge on any atom is -0.358 e. The first-order valence-corrected chi connectivity index (χ1v) is 9.53. The van der Waals surface area contributed by atoms with Crippen molar-refractivity contribution in [3.63, 3.8) is 0 Å². The lowest BCUT2D eigenvalue weighted by Crippen LogP contribution is -2.58. The van der Waals surface area contributed by atoms with Gasteiger partial charge in [0.1, 0.15) is 6.23 Å². The number of benzene rings is 1. The van der Waals surface area contributed by atoms with Gasteiger partial charge in [0.25, 0.3) is 0 Å². The minimum absolute atomic E-state index is 0.166. The van der Waals surface area contributed by atoms with Crippen LogP contribution < -0.4 is 5.32 Å². The summed E-state index contributed by atoms with van der Waals surface area (Å²) in [6.45, 7) is 4.35. The zero-order chi connectivity index (χ0) is 15.5. The Balaban J connectivity index is 1.49. The quantitative estimate of drug-likeness (QED) is 0.920. The van der Waals surface area contributed by atoms with E-state index in [1.54, 1.807) is 0 Å². The van der Waals surface area contributed by atoms with Gasteiger partial charge in [-0.2, -0.15) is 0 Å². The van der Waals surface area contributed by atoms with Gasteiger partial charge in [-0.25, -0.2) is 0 Å². The molecule has 4 rings (SSSR count).